The summed E-state index contributed by atoms with van der Waals surface area (Å²) >= 11 is 0. The SMILES string of the molecule is CC(C)CNC(=O)[C@H](C)OC(=O)c1ccc(N2CCCC2=O)cc1. The van der Waals surface area contributed by atoms with Gasteiger partial charge in [-0.1, -0.05) is 13.8 Å². The monoisotopic (exact) mass is 332 g/mol. The van der Waals surface area contributed by atoms with Crippen molar-refractivity contribution in [1.29, 1.82) is 0 Å². The first-order chi connectivity index (χ1) is 11.4. The summed E-state index contributed by atoms with van der Waals surface area (Å²) in [6.45, 7) is 6.77. The van der Waals surface area contributed by atoms with E-state index in [1.165, 1.54) is 0 Å². The van der Waals surface area contributed by atoms with Gasteiger partial charge in [-0.05, 0) is 43.5 Å². The number of benzene rings is 1. The van der Waals surface area contributed by atoms with Crippen molar-refractivity contribution in [1.82, 2.24) is 5.32 Å². The van der Waals surface area contributed by atoms with Crippen LogP contribution in [0.5, 0.6) is 0 Å². The van der Waals surface area contributed by atoms with Crippen LogP contribution in [0.4, 0.5) is 5.69 Å². The highest BCUT2D eigenvalue weighted by molar-refractivity contribution is 5.96. The lowest BCUT2D eigenvalue weighted by Crippen LogP contribution is -2.37. The molecule has 0 saturated carbocycles. The number of nitrogens with zero attached hydrogens (tertiary/aromatic N) is 1. The van der Waals surface area contributed by atoms with Gasteiger partial charge in [0.25, 0.3) is 5.91 Å². The molecule has 1 N–H and O–H groups in total. The predicted molar refractivity (Wildman–Crippen MR) is 90.8 cm³/mol. The number of hydrogen-bond donors (Lipinski definition) is 1. The zero-order chi connectivity index (χ0) is 17.7. The molecule has 1 aromatic carbocycles. The van der Waals surface area contributed by atoms with Crippen LogP contribution in [-0.2, 0) is 14.3 Å². The van der Waals surface area contributed by atoms with Gasteiger partial charge < -0.3 is 15.0 Å². The van der Waals surface area contributed by atoms with Gasteiger partial charge >= 0.3 is 5.97 Å². The molecule has 0 aliphatic carbocycles. The number of carbonyl (C=O) groups is 3. The summed E-state index contributed by atoms with van der Waals surface area (Å²) in [5.41, 5.74) is 1.13. The molecule has 1 heterocycles. The average Bonchev–Trinajstić information content (AvgIpc) is 2.98. The van der Waals surface area contributed by atoms with Crippen LogP contribution in [0.3, 0.4) is 0 Å². The summed E-state index contributed by atoms with van der Waals surface area (Å²) in [6, 6.07) is 6.68. The summed E-state index contributed by atoms with van der Waals surface area (Å²) in [5.74, 6) is -0.434. The third-order valence-electron chi connectivity index (χ3n) is 3.83. The summed E-state index contributed by atoms with van der Waals surface area (Å²) in [5, 5.41) is 2.73. The molecule has 1 aliphatic heterocycles. The third-order valence-corrected chi connectivity index (χ3v) is 3.83. The first-order valence-electron chi connectivity index (χ1n) is 8.27. The number of hydrogen-bond acceptors (Lipinski definition) is 4. The van der Waals surface area contributed by atoms with Crippen LogP contribution in [-0.4, -0.2) is 37.0 Å². The maximum absolute atomic E-state index is 12.1. The van der Waals surface area contributed by atoms with Gasteiger partial charge in [-0.3, -0.25) is 9.59 Å². The topological polar surface area (TPSA) is 75.7 Å². The Labute approximate surface area is 142 Å². The van der Waals surface area contributed by atoms with E-state index in [1.54, 1.807) is 36.1 Å². The van der Waals surface area contributed by atoms with E-state index in [-0.39, 0.29) is 11.8 Å². The number of anilines is 1. The minimum Gasteiger partial charge on any atom is -0.449 e. The second-order valence-electron chi connectivity index (χ2n) is 6.38. The molecule has 0 unspecified atom stereocenters. The van der Waals surface area contributed by atoms with E-state index in [1.807, 2.05) is 13.8 Å². The lowest BCUT2D eigenvalue weighted by molar-refractivity contribution is -0.129. The van der Waals surface area contributed by atoms with E-state index < -0.39 is 12.1 Å². The molecule has 0 spiro atoms. The Morgan fingerprint density at radius 3 is 2.42 bits per heavy atom. The molecule has 2 amide bonds. The summed E-state index contributed by atoms with van der Waals surface area (Å²) in [6.07, 6.45) is 0.564. The number of ether oxygens (including phenoxy) is 1. The Bertz CT molecular complexity index is 610. The summed E-state index contributed by atoms with van der Waals surface area (Å²) in [4.78, 5) is 37.4. The standard InChI is InChI=1S/C18H24N2O4/c1-12(2)11-19-17(22)13(3)24-18(23)14-6-8-15(9-7-14)20-10-4-5-16(20)21/h6-9,12-13H,4-5,10-11H2,1-3H3,(H,19,22)/t13-/m0/s1. The molecule has 2 rings (SSSR count). The van der Waals surface area contributed by atoms with E-state index >= 15 is 0 Å². The van der Waals surface area contributed by atoms with Gasteiger partial charge in [0.05, 0.1) is 5.56 Å². The molecule has 1 saturated heterocycles. The fourth-order valence-electron chi connectivity index (χ4n) is 2.43. The van der Waals surface area contributed by atoms with Crippen LogP contribution in [0.2, 0.25) is 0 Å². The second-order valence-corrected chi connectivity index (χ2v) is 6.38. The van der Waals surface area contributed by atoms with Crippen molar-refractivity contribution in [3.05, 3.63) is 29.8 Å². The van der Waals surface area contributed by atoms with Crippen LogP contribution in [0.15, 0.2) is 24.3 Å². The van der Waals surface area contributed by atoms with E-state index in [4.69, 9.17) is 4.74 Å². The van der Waals surface area contributed by atoms with Crippen molar-refractivity contribution in [2.45, 2.75) is 39.7 Å². The summed E-state index contributed by atoms with van der Waals surface area (Å²) < 4.78 is 5.19. The highest BCUT2D eigenvalue weighted by Gasteiger charge is 2.22. The number of nitrogens with one attached hydrogen (secondary N) is 1. The summed E-state index contributed by atoms with van der Waals surface area (Å²) in [7, 11) is 0. The molecule has 1 fully saturated rings. The van der Waals surface area contributed by atoms with E-state index in [9.17, 15) is 14.4 Å². The van der Waals surface area contributed by atoms with Gasteiger partial charge in [0.1, 0.15) is 0 Å². The van der Waals surface area contributed by atoms with Crippen LogP contribution in [0.1, 0.15) is 44.0 Å². The Balaban J connectivity index is 1.92. The highest BCUT2D eigenvalue weighted by atomic mass is 16.5. The zero-order valence-corrected chi connectivity index (χ0v) is 14.4. The lowest BCUT2D eigenvalue weighted by atomic mass is 10.2. The number of amides is 2. The van der Waals surface area contributed by atoms with Gasteiger partial charge in [-0.25, -0.2) is 4.79 Å². The Hall–Kier alpha value is -2.37. The van der Waals surface area contributed by atoms with Crippen molar-refractivity contribution in [3.63, 3.8) is 0 Å². The van der Waals surface area contributed by atoms with Crippen LogP contribution in [0, 0.1) is 5.92 Å². The molecule has 0 aromatic heterocycles. The van der Waals surface area contributed by atoms with Crippen molar-refractivity contribution in [2.75, 3.05) is 18.0 Å². The van der Waals surface area contributed by atoms with E-state index in [0.29, 0.717) is 31.0 Å². The molecule has 130 valence electrons. The Morgan fingerprint density at radius 2 is 1.88 bits per heavy atom. The maximum atomic E-state index is 12.1. The molecule has 1 atom stereocenters. The highest BCUT2D eigenvalue weighted by Crippen LogP contribution is 2.21. The van der Waals surface area contributed by atoms with Crippen molar-refractivity contribution in [3.8, 4) is 0 Å². The second kappa shape index (κ2) is 7.95. The minimum atomic E-state index is -0.851. The molecule has 6 nitrogen and oxygen atoms in total. The largest absolute Gasteiger partial charge is 0.449 e. The van der Waals surface area contributed by atoms with Crippen molar-refractivity contribution in [2.24, 2.45) is 5.92 Å². The first kappa shape index (κ1) is 18.0. The molecule has 1 aliphatic rings. The molecule has 6 heteroatoms. The van der Waals surface area contributed by atoms with E-state index in [0.717, 1.165) is 12.1 Å². The van der Waals surface area contributed by atoms with Gasteiger partial charge in [-0.2, -0.15) is 0 Å². The van der Waals surface area contributed by atoms with Gasteiger partial charge in [0.15, 0.2) is 6.10 Å². The van der Waals surface area contributed by atoms with Crippen molar-refractivity contribution >= 4 is 23.5 Å². The normalized spacial score (nSPS) is 15.5. The number of rotatable bonds is 6. The number of carbonyl (C=O) groups excluding carboxylic acids is 3. The fraction of sp³-hybridized carbons (Fsp3) is 0.500. The van der Waals surface area contributed by atoms with Crippen molar-refractivity contribution < 1.29 is 19.1 Å². The lowest BCUT2D eigenvalue weighted by Gasteiger charge is -2.17. The van der Waals surface area contributed by atoms with E-state index in [2.05, 4.69) is 5.32 Å². The zero-order valence-electron chi connectivity index (χ0n) is 14.4. The van der Waals surface area contributed by atoms with Crippen LogP contribution in [0.25, 0.3) is 0 Å². The van der Waals surface area contributed by atoms with Gasteiger partial charge in [-0.15, -0.1) is 0 Å². The van der Waals surface area contributed by atoms with Crippen LogP contribution >= 0.6 is 0 Å². The predicted octanol–water partition coefficient (Wildman–Crippen LogP) is 2.13. The smallest absolute Gasteiger partial charge is 0.338 e. The Morgan fingerprint density at radius 1 is 1.21 bits per heavy atom. The number of esters is 1. The molecular weight excluding hydrogens is 308 g/mol. The first-order valence-corrected chi connectivity index (χ1v) is 8.27. The molecule has 0 radical (unpaired) electrons. The average molecular weight is 332 g/mol. The van der Waals surface area contributed by atoms with Gasteiger partial charge in [0, 0.05) is 25.2 Å². The van der Waals surface area contributed by atoms with Gasteiger partial charge in [0.2, 0.25) is 5.91 Å². The fourth-order valence-corrected chi connectivity index (χ4v) is 2.43. The molecule has 1 aromatic rings. The molecule has 0 bridgehead atoms. The molecule has 24 heavy (non-hydrogen) atoms. The maximum Gasteiger partial charge on any atom is 0.338 e. The quantitative estimate of drug-likeness (QED) is 0.810. The molecular formula is C18H24N2O4. The third kappa shape index (κ3) is 4.57. The minimum absolute atomic E-state index is 0.0979. The van der Waals surface area contributed by atoms with Crippen LogP contribution < -0.4 is 10.2 Å². The Kier molecular flexibility index (Phi) is 5.95.